The lowest BCUT2D eigenvalue weighted by Crippen LogP contribution is -2.25. The van der Waals surface area contributed by atoms with Crippen LogP contribution in [0.1, 0.15) is 31.2 Å². The number of hydrogen-bond donors (Lipinski definition) is 1. The standard InChI is InChI=1S/C14H18ClN/c1-9-2-5-12(8-13(9)15)16-14-7-10-3-4-11(14)6-10/h2,5,8,10-11,14,16H,3-4,6-7H2,1H3. The van der Waals surface area contributed by atoms with Crippen molar-refractivity contribution in [3.05, 3.63) is 28.8 Å². The molecule has 3 rings (SSSR count). The summed E-state index contributed by atoms with van der Waals surface area (Å²) in [5.41, 5.74) is 2.34. The Bertz CT molecular complexity index is 402. The molecular weight excluding hydrogens is 218 g/mol. The molecule has 1 nitrogen and oxygen atoms in total. The molecule has 1 aromatic carbocycles. The average Bonchev–Trinajstić information content (AvgIpc) is 2.85. The van der Waals surface area contributed by atoms with Crippen LogP contribution in [0.5, 0.6) is 0 Å². The van der Waals surface area contributed by atoms with Crippen molar-refractivity contribution in [3.63, 3.8) is 0 Å². The molecule has 2 bridgehead atoms. The quantitative estimate of drug-likeness (QED) is 0.808. The van der Waals surface area contributed by atoms with Crippen molar-refractivity contribution in [3.8, 4) is 0 Å². The monoisotopic (exact) mass is 235 g/mol. The molecule has 3 unspecified atom stereocenters. The van der Waals surface area contributed by atoms with E-state index in [2.05, 4.69) is 23.5 Å². The van der Waals surface area contributed by atoms with Gasteiger partial charge in [-0.1, -0.05) is 24.1 Å². The number of benzene rings is 1. The third-order valence-corrected chi connectivity index (χ3v) is 4.67. The van der Waals surface area contributed by atoms with Crippen LogP contribution in [0, 0.1) is 18.8 Å². The third-order valence-electron chi connectivity index (χ3n) is 4.26. The SMILES string of the molecule is Cc1ccc(NC2CC3CCC2C3)cc1Cl. The summed E-state index contributed by atoms with van der Waals surface area (Å²) >= 11 is 6.14. The van der Waals surface area contributed by atoms with Crippen LogP contribution >= 0.6 is 11.6 Å². The highest BCUT2D eigenvalue weighted by Gasteiger charge is 2.39. The maximum absolute atomic E-state index is 6.14. The largest absolute Gasteiger partial charge is 0.382 e. The van der Waals surface area contributed by atoms with Crippen molar-refractivity contribution in [1.82, 2.24) is 0 Å². The summed E-state index contributed by atoms with van der Waals surface area (Å²) in [6, 6.07) is 6.99. The summed E-state index contributed by atoms with van der Waals surface area (Å²) in [7, 11) is 0. The van der Waals surface area contributed by atoms with Gasteiger partial charge in [0.1, 0.15) is 0 Å². The predicted molar refractivity (Wildman–Crippen MR) is 69.0 cm³/mol. The van der Waals surface area contributed by atoms with Gasteiger partial charge in [-0.3, -0.25) is 0 Å². The molecule has 0 aliphatic heterocycles. The molecule has 2 aliphatic rings. The lowest BCUT2D eigenvalue weighted by Gasteiger charge is -2.24. The summed E-state index contributed by atoms with van der Waals surface area (Å²) < 4.78 is 0. The van der Waals surface area contributed by atoms with Crippen molar-refractivity contribution in [2.45, 2.75) is 38.6 Å². The Morgan fingerprint density at radius 1 is 1.25 bits per heavy atom. The van der Waals surface area contributed by atoms with Gasteiger partial charge in [0.15, 0.2) is 0 Å². The minimum absolute atomic E-state index is 0.692. The van der Waals surface area contributed by atoms with Gasteiger partial charge in [0.05, 0.1) is 0 Å². The summed E-state index contributed by atoms with van der Waals surface area (Å²) in [5.74, 6) is 1.90. The van der Waals surface area contributed by atoms with Crippen molar-refractivity contribution in [2.75, 3.05) is 5.32 Å². The first-order valence-corrected chi connectivity index (χ1v) is 6.63. The normalized spacial score (nSPS) is 32.0. The second-order valence-corrected chi connectivity index (χ2v) is 5.80. The summed E-state index contributed by atoms with van der Waals surface area (Å²) in [6.45, 7) is 2.05. The summed E-state index contributed by atoms with van der Waals surface area (Å²) in [4.78, 5) is 0. The van der Waals surface area contributed by atoms with Gasteiger partial charge in [-0.15, -0.1) is 0 Å². The van der Waals surface area contributed by atoms with Gasteiger partial charge in [0, 0.05) is 16.8 Å². The molecule has 16 heavy (non-hydrogen) atoms. The van der Waals surface area contributed by atoms with Crippen LogP contribution in [0.4, 0.5) is 5.69 Å². The van der Waals surface area contributed by atoms with Crippen molar-refractivity contribution >= 4 is 17.3 Å². The molecule has 0 saturated heterocycles. The van der Waals surface area contributed by atoms with E-state index in [1.54, 1.807) is 0 Å². The summed E-state index contributed by atoms with van der Waals surface area (Å²) in [5, 5.41) is 4.52. The highest BCUT2D eigenvalue weighted by molar-refractivity contribution is 6.31. The molecule has 1 N–H and O–H groups in total. The van der Waals surface area contributed by atoms with E-state index >= 15 is 0 Å². The lowest BCUT2D eigenvalue weighted by atomic mass is 9.95. The molecule has 2 aliphatic carbocycles. The van der Waals surface area contributed by atoms with Gasteiger partial charge in [-0.05, 0) is 55.7 Å². The third kappa shape index (κ3) is 1.82. The number of nitrogens with one attached hydrogen (secondary N) is 1. The van der Waals surface area contributed by atoms with Crippen LogP contribution in [-0.2, 0) is 0 Å². The van der Waals surface area contributed by atoms with E-state index in [9.17, 15) is 0 Å². The van der Waals surface area contributed by atoms with E-state index in [1.165, 1.54) is 31.4 Å². The molecule has 2 saturated carbocycles. The number of aryl methyl sites for hydroxylation is 1. The molecule has 0 aromatic heterocycles. The highest BCUT2D eigenvalue weighted by Crippen LogP contribution is 2.45. The molecule has 86 valence electrons. The van der Waals surface area contributed by atoms with E-state index < -0.39 is 0 Å². The Morgan fingerprint density at radius 2 is 2.12 bits per heavy atom. The van der Waals surface area contributed by atoms with E-state index in [0.29, 0.717) is 6.04 Å². The topological polar surface area (TPSA) is 12.0 Å². The smallest absolute Gasteiger partial charge is 0.0455 e. The van der Waals surface area contributed by atoms with Crippen LogP contribution in [0.2, 0.25) is 5.02 Å². The molecule has 1 aromatic rings. The minimum Gasteiger partial charge on any atom is -0.382 e. The number of rotatable bonds is 2. The molecule has 0 amide bonds. The van der Waals surface area contributed by atoms with Gasteiger partial charge in [-0.25, -0.2) is 0 Å². The van der Waals surface area contributed by atoms with Crippen LogP contribution in [-0.4, -0.2) is 6.04 Å². The fraction of sp³-hybridized carbons (Fsp3) is 0.571. The fourth-order valence-electron chi connectivity index (χ4n) is 3.32. The van der Waals surface area contributed by atoms with Gasteiger partial charge < -0.3 is 5.32 Å². The molecular formula is C14H18ClN. The first kappa shape index (κ1) is 10.5. The zero-order valence-electron chi connectivity index (χ0n) is 9.67. The Labute approximate surface area is 102 Å². The number of halogens is 1. The Kier molecular flexibility index (Phi) is 2.59. The van der Waals surface area contributed by atoms with E-state index in [4.69, 9.17) is 11.6 Å². The average molecular weight is 236 g/mol. The van der Waals surface area contributed by atoms with Gasteiger partial charge in [-0.2, -0.15) is 0 Å². The Morgan fingerprint density at radius 3 is 2.75 bits per heavy atom. The molecule has 0 spiro atoms. The highest BCUT2D eigenvalue weighted by atomic mass is 35.5. The van der Waals surface area contributed by atoms with Crippen molar-refractivity contribution in [1.29, 1.82) is 0 Å². The van der Waals surface area contributed by atoms with Gasteiger partial charge >= 0.3 is 0 Å². The molecule has 0 heterocycles. The van der Waals surface area contributed by atoms with Crippen molar-refractivity contribution < 1.29 is 0 Å². The lowest BCUT2D eigenvalue weighted by molar-refractivity contribution is 0.440. The predicted octanol–water partition coefficient (Wildman–Crippen LogP) is 4.25. The number of hydrogen-bond acceptors (Lipinski definition) is 1. The van der Waals surface area contributed by atoms with Crippen LogP contribution in [0.25, 0.3) is 0 Å². The first-order chi connectivity index (χ1) is 7.72. The zero-order valence-corrected chi connectivity index (χ0v) is 10.4. The number of anilines is 1. The van der Waals surface area contributed by atoms with Gasteiger partial charge in [0.2, 0.25) is 0 Å². The maximum atomic E-state index is 6.14. The Balaban J connectivity index is 1.72. The zero-order chi connectivity index (χ0) is 11.1. The second-order valence-electron chi connectivity index (χ2n) is 5.39. The molecule has 2 heteroatoms. The Hall–Kier alpha value is -0.690. The second kappa shape index (κ2) is 3.96. The summed E-state index contributed by atoms with van der Waals surface area (Å²) in [6.07, 6.45) is 5.67. The molecule has 3 atom stereocenters. The van der Waals surface area contributed by atoms with Crippen LogP contribution in [0.3, 0.4) is 0 Å². The van der Waals surface area contributed by atoms with E-state index in [-0.39, 0.29) is 0 Å². The maximum Gasteiger partial charge on any atom is 0.0455 e. The first-order valence-electron chi connectivity index (χ1n) is 6.25. The van der Waals surface area contributed by atoms with Gasteiger partial charge in [0.25, 0.3) is 0 Å². The number of fused-ring (bicyclic) bond motifs is 2. The fourth-order valence-corrected chi connectivity index (χ4v) is 3.50. The van der Waals surface area contributed by atoms with E-state index in [0.717, 1.165) is 22.4 Å². The van der Waals surface area contributed by atoms with Crippen molar-refractivity contribution in [2.24, 2.45) is 11.8 Å². The molecule has 0 radical (unpaired) electrons. The van der Waals surface area contributed by atoms with Crippen LogP contribution < -0.4 is 5.32 Å². The minimum atomic E-state index is 0.692. The molecule has 2 fully saturated rings. The van der Waals surface area contributed by atoms with E-state index in [1.807, 2.05) is 6.92 Å². The van der Waals surface area contributed by atoms with Crippen LogP contribution in [0.15, 0.2) is 18.2 Å².